The van der Waals surface area contributed by atoms with Gasteiger partial charge in [-0.1, -0.05) is 0 Å². The second-order valence-corrected chi connectivity index (χ2v) is 4.67. The molecule has 0 spiro atoms. The molecule has 10 heteroatoms. The quantitative estimate of drug-likeness (QED) is 0.225. The van der Waals surface area contributed by atoms with Crippen molar-refractivity contribution in [1.29, 1.82) is 0 Å². The Labute approximate surface area is 119 Å². The summed E-state index contributed by atoms with van der Waals surface area (Å²) in [5.41, 5.74) is 0. The lowest BCUT2D eigenvalue weighted by Crippen LogP contribution is -2.60. The molecule has 1 aliphatic rings. The number of hydrogen-bond donors (Lipinski definition) is 7. The minimum atomic E-state index is -1.79. The van der Waals surface area contributed by atoms with Crippen LogP contribution >= 0.6 is 0 Å². The predicted molar refractivity (Wildman–Crippen MR) is 63.8 cm³/mol. The molecule has 0 aromatic rings. The molecule has 0 saturated carbocycles. The van der Waals surface area contributed by atoms with Gasteiger partial charge in [0.25, 0.3) is 0 Å². The second kappa shape index (κ2) is 8.08. The first-order valence-electron chi connectivity index (χ1n) is 6.25. The number of aliphatic hydroxyl groups excluding tert-OH is 7. The van der Waals surface area contributed by atoms with Crippen LogP contribution in [0.2, 0.25) is 0 Å². The van der Waals surface area contributed by atoms with E-state index in [9.17, 15) is 30.3 Å². The molecule has 124 valence electrons. The lowest BCUT2D eigenvalue weighted by molar-refractivity contribution is -0.314. The van der Waals surface area contributed by atoms with Gasteiger partial charge in [-0.25, -0.2) is 0 Å². The van der Waals surface area contributed by atoms with Crippen molar-refractivity contribution in [3.05, 3.63) is 0 Å². The molecule has 1 heterocycles. The van der Waals surface area contributed by atoms with E-state index >= 15 is 0 Å². The lowest BCUT2D eigenvalue weighted by atomic mass is 9.99. The van der Waals surface area contributed by atoms with Crippen molar-refractivity contribution < 1.29 is 50.0 Å². The standard InChI is InChI=1S/C11H20O10/c12-1-4(15)7(16)5(2-13)20-11-10(19)9(18)8(17)6(3-14)21-11/h2,4-12,14-19H,1,3H2/t4-,5+,6-,7+,8-,9+,10-,11-/m1/s1. The first-order chi connectivity index (χ1) is 9.87. The minimum Gasteiger partial charge on any atom is -0.394 e. The van der Waals surface area contributed by atoms with Crippen LogP contribution in [0.15, 0.2) is 0 Å². The van der Waals surface area contributed by atoms with Crippen molar-refractivity contribution >= 4 is 6.29 Å². The lowest BCUT2D eigenvalue weighted by Gasteiger charge is -2.40. The maximum atomic E-state index is 10.9. The highest BCUT2D eigenvalue weighted by Gasteiger charge is 2.45. The van der Waals surface area contributed by atoms with E-state index in [4.69, 9.17) is 19.7 Å². The third kappa shape index (κ3) is 4.16. The molecule has 0 unspecified atom stereocenters. The molecular formula is C11H20O10. The molecule has 0 aromatic carbocycles. The van der Waals surface area contributed by atoms with Crippen molar-refractivity contribution in [2.24, 2.45) is 0 Å². The molecule has 0 aliphatic carbocycles. The van der Waals surface area contributed by atoms with Crippen LogP contribution in [0.1, 0.15) is 0 Å². The van der Waals surface area contributed by atoms with Gasteiger partial charge in [0.2, 0.25) is 0 Å². The van der Waals surface area contributed by atoms with Crippen LogP contribution < -0.4 is 0 Å². The van der Waals surface area contributed by atoms with Crippen molar-refractivity contribution in [3.63, 3.8) is 0 Å². The summed E-state index contributed by atoms with van der Waals surface area (Å²) in [6.07, 6.45) is -12.9. The molecule has 0 radical (unpaired) electrons. The number of rotatable bonds is 7. The van der Waals surface area contributed by atoms with E-state index < -0.39 is 62.2 Å². The summed E-state index contributed by atoms with van der Waals surface area (Å²) in [5.74, 6) is 0. The number of ether oxygens (including phenoxy) is 2. The summed E-state index contributed by atoms with van der Waals surface area (Å²) in [5, 5.41) is 65.3. The van der Waals surface area contributed by atoms with Crippen molar-refractivity contribution in [2.45, 2.75) is 49.0 Å². The molecule has 7 N–H and O–H groups in total. The van der Waals surface area contributed by atoms with Crippen molar-refractivity contribution in [3.8, 4) is 0 Å². The maximum Gasteiger partial charge on any atom is 0.187 e. The molecule has 1 rings (SSSR count). The van der Waals surface area contributed by atoms with Gasteiger partial charge in [0, 0.05) is 0 Å². The zero-order valence-corrected chi connectivity index (χ0v) is 11.0. The fourth-order valence-corrected chi connectivity index (χ4v) is 1.85. The number of carbonyl (C=O) groups excluding carboxylic acids is 1. The predicted octanol–water partition coefficient (Wildman–Crippen LogP) is -4.92. The molecule has 21 heavy (non-hydrogen) atoms. The second-order valence-electron chi connectivity index (χ2n) is 4.67. The molecule has 8 atom stereocenters. The minimum absolute atomic E-state index is 0.116. The van der Waals surface area contributed by atoms with Crippen LogP contribution in [0.5, 0.6) is 0 Å². The largest absolute Gasteiger partial charge is 0.394 e. The summed E-state index contributed by atoms with van der Waals surface area (Å²) < 4.78 is 9.92. The fraction of sp³-hybridized carbons (Fsp3) is 0.909. The Kier molecular flexibility index (Phi) is 7.06. The summed E-state index contributed by atoms with van der Waals surface area (Å²) in [6, 6.07) is 0. The van der Waals surface area contributed by atoms with Gasteiger partial charge in [0.15, 0.2) is 12.6 Å². The van der Waals surface area contributed by atoms with E-state index in [0.717, 1.165) is 0 Å². The molecule has 0 bridgehead atoms. The molecule has 1 saturated heterocycles. The van der Waals surface area contributed by atoms with Gasteiger partial charge in [-0.2, -0.15) is 0 Å². The number of carbonyl (C=O) groups is 1. The molecule has 1 aliphatic heterocycles. The van der Waals surface area contributed by atoms with Crippen LogP contribution in [-0.2, 0) is 14.3 Å². The van der Waals surface area contributed by atoms with Crippen LogP contribution in [0.4, 0.5) is 0 Å². The Bertz CT molecular complexity index is 324. The van der Waals surface area contributed by atoms with Gasteiger partial charge >= 0.3 is 0 Å². The highest BCUT2D eigenvalue weighted by atomic mass is 16.7. The highest BCUT2D eigenvalue weighted by Crippen LogP contribution is 2.23. The summed E-state index contributed by atoms with van der Waals surface area (Å²) in [4.78, 5) is 10.9. The number of aliphatic hydroxyl groups is 7. The van der Waals surface area contributed by atoms with E-state index in [1.54, 1.807) is 0 Å². The van der Waals surface area contributed by atoms with Gasteiger partial charge in [-0.15, -0.1) is 0 Å². The Morgan fingerprint density at radius 2 is 1.71 bits per heavy atom. The van der Waals surface area contributed by atoms with Crippen LogP contribution in [0, 0.1) is 0 Å². The van der Waals surface area contributed by atoms with E-state index in [-0.39, 0.29) is 6.29 Å². The Morgan fingerprint density at radius 1 is 1.10 bits per heavy atom. The summed E-state index contributed by atoms with van der Waals surface area (Å²) in [7, 11) is 0. The molecule has 0 aromatic heterocycles. The van der Waals surface area contributed by atoms with E-state index in [1.165, 1.54) is 0 Å². The monoisotopic (exact) mass is 312 g/mol. The van der Waals surface area contributed by atoms with Gasteiger partial charge in [0.1, 0.15) is 42.7 Å². The van der Waals surface area contributed by atoms with E-state index in [2.05, 4.69) is 0 Å². The van der Waals surface area contributed by atoms with Gasteiger partial charge in [0.05, 0.1) is 13.2 Å². The van der Waals surface area contributed by atoms with Gasteiger partial charge < -0.3 is 50.0 Å². The molecular weight excluding hydrogens is 292 g/mol. The Hall–Kier alpha value is -0.690. The van der Waals surface area contributed by atoms with Crippen LogP contribution in [-0.4, -0.2) is 104 Å². The first-order valence-corrected chi connectivity index (χ1v) is 6.25. The summed E-state index contributed by atoms with van der Waals surface area (Å²) >= 11 is 0. The molecule has 0 amide bonds. The topological polar surface area (TPSA) is 177 Å². The molecule has 1 fully saturated rings. The number of aldehydes is 1. The zero-order chi connectivity index (χ0) is 16.2. The zero-order valence-electron chi connectivity index (χ0n) is 11.0. The van der Waals surface area contributed by atoms with E-state index in [1.807, 2.05) is 0 Å². The fourth-order valence-electron chi connectivity index (χ4n) is 1.85. The normalized spacial score (nSPS) is 37.8. The van der Waals surface area contributed by atoms with Gasteiger partial charge in [-0.3, -0.25) is 0 Å². The van der Waals surface area contributed by atoms with Crippen molar-refractivity contribution in [2.75, 3.05) is 13.2 Å². The first kappa shape index (κ1) is 18.4. The van der Waals surface area contributed by atoms with E-state index in [0.29, 0.717) is 0 Å². The third-order valence-electron chi connectivity index (χ3n) is 3.19. The summed E-state index contributed by atoms with van der Waals surface area (Å²) in [6.45, 7) is -1.51. The Morgan fingerprint density at radius 3 is 2.19 bits per heavy atom. The van der Waals surface area contributed by atoms with Gasteiger partial charge in [-0.05, 0) is 0 Å². The highest BCUT2D eigenvalue weighted by molar-refractivity contribution is 5.57. The third-order valence-corrected chi connectivity index (χ3v) is 3.19. The Balaban J connectivity index is 2.76. The number of hydrogen-bond acceptors (Lipinski definition) is 10. The smallest absolute Gasteiger partial charge is 0.187 e. The maximum absolute atomic E-state index is 10.9. The van der Waals surface area contributed by atoms with Crippen molar-refractivity contribution in [1.82, 2.24) is 0 Å². The van der Waals surface area contributed by atoms with Crippen LogP contribution in [0.3, 0.4) is 0 Å². The SMILES string of the molecule is O=C[C@H](O[C@@H]1O[C@H](CO)[C@@H](O)[C@H](O)[C@H]1O)[C@@H](O)[C@H](O)CO. The van der Waals surface area contributed by atoms with Crippen LogP contribution in [0.25, 0.3) is 0 Å². The average molecular weight is 312 g/mol. The average Bonchev–Trinajstić information content (AvgIpc) is 2.50. The molecule has 10 nitrogen and oxygen atoms in total.